The number of rotatable bonds is 3. The van der Waals surface area contributed by atoms with E-state index in [0.717, 1.165) is 8.95 Å². The van der Waals surface area contributed by atoms with Gasteiger partial charge in [0.25, 0.3) is 0 Å². The lowest BCUT2D eigenvalue weighted by Gasteiger charge is -2.20. The van der Waals surface area contributed by atoms with Gasteiger partial charge in [-0.3, -0.25) is 0 Å². The number of hydrogen-bond acceptors (Lipinski definition) is 2. The quantitative estimate of drug-likeness (QED) is 0.836. The highest BCUT2D eigenvalue weighted by molar-refractivity contribution is 9.11. The monoisotopic (exact) mass is 374 g/mol. The minimum Gasteiger partial charge on any atom is -0.381 e. The number of halogens is 2. The predicted molar refractivity (Wildman–Crippen MR) is 85.2 cm³/mol. The molecule has 100 valence electrons. The Morgan fingerprint density at radius 2 is 2.11 bits per heavy atom. The number of hydrogen-bond donors (Lipinski definition) is 1. The Morgan fingerprint density at radius 3 is 2.89 bits per heavy atom. The van der Waals surface area contributed by atoms with Gasteiger partial charge in [0.1, 0.15) is 0 Å². The van der Waals surface area contributed by atoms with Crippen molar-refractivity contribution in [3.8, 4) is 0 Å². The van der Waals surface area contributed by atoms with Crippen LogP contribution in [-0.2, 0) is 0 Å². The smallest absolute Gasteiger partial charge is 0.0498 e. The second-order valence-electron chi connectivity index (χ2n) is 4.83. The Morgan fingerprint density at radius 1 is 1.28 bits per heavy atom. The van der Waals surface area contributed by atoms with Gasteiger partial charge in [0.2, 0.25) is 0 Å². The number of likely N-dealkylation sites (tertiary alicyclic amines) is 1. The molecule has 0 saturated carbocycles. The van der Waals surface area contributed by atoms with Crippen molar-refractivity contribution in [3.05, 3.63) is 27.1 Å². The molecule has 18 heavy (non-hydrogen) atoms. The van der Waals surface area contributed by atoms with Crippen molar-refractivity contribution >= 4 is 37.5 Å². The van der Waals surface area contributed by atoms with Crippen molar-refractivity contribution in [1.82, 2.24) is 4.90 Å². The molecule has 0 amide bonds. The third-order valence-electron chi connectivity index (χ3n) is 3.56. The number of benzene rings is 1. The van der Waals surface area contributed by atoms with E-state index in [-0.39, 0.29) is 0 Å². The first-order valence-corrected chi connectivity index (χ1v) is 8.21. The molecule has 0 aliphatic carbocycles. The topological polar surface area (TPSA) is 15.3 Å². The lowest BCUT2D eigenvalue weighted by molar-refractivity contribution is 0.300. The zero-order chi connectivity index (χ0) is 13.0. The molecule has 1 aromatic rings. The van der Waals surface area contributed by atoms with Crippen LogP contribution in [0.25, 0.3) is 0 Å². The molecule has 1 aliphatic rings. The van der Waals surface area contributed by atoms with Gasteiger partial charge < -0.3 is 10.2 Å². The summed E-state index contributed by atoms with van der Waals surface area (Å²) >= 11 is 7.14. The van der Waals surface area contributed by atoms with Gasteiger partial charge in [-0.25, -0.2) is 0 Å². The van der Waals surface area contributed by atoms with E-state index < -0.39 is 0 Å². The summed E-state index contributed by atoms with van der Waals surface area (Å²) in [5, 5.41) is 3.67. The Bertz CT molecular complexity index is 395. The number of nitrogens with zero attached hydrogens (tertiary/aromatic N) is 1. The molecule has 4 heteroatoms. The molecule has 1 aromatic carbocycles. The van der Waals surface area contributed by atoms with Crippen molar-refractivity contribution in [2.45, 2.75) is 32.2 Å². The van der Waals surface area contributed by atoms with E-state index in [9.17, 15) is 0 Å². The first-order chi connectivity index (χ1) is 8.69. The summed E-state index contributed by atoms with van der Waals surface area (Å²) in [5.41, 5.74) is 1.19. The largest absolute Gasteiger partial charge is 0.381 e. The Kier molecular flexibility index (Phi) is 5.52. The Labute approximate surface area is 126 Å². The summed E-state index contributed by atoms with van der Waals surface area (Å²) < 4.78 is 2.26. The van der Waals surface area contributed by atoms with Crippen molar-refractivity contribution in [2.75, 3.05) is 25.0 Å². The molecule has 2 nitrogen and oxygen atoms in total. The molecule has 1 atom stereocenters. The molecule has 0 radical (unpaired) electrons. The van der Waals surface area contributed by atoms with Crippen LogP contribution in [0.3, 0.4) is 0 Å². The molecular formula is C14H20Br2N2. The number of anilines is 1. The maximum atomic E-state index is 3.67. The van der Waals surface area contributed by atoms with E-state index in [1.165, 1.54) is 44.6 Å². The maximum absolute atomic E-state index is 3.67. The minimum atomic E-state index is 0.590. The summed E-state index contributed by atoms with van der Waals surface area (Å²) in [4.78, 5) is 2.54. The van der Waals surface area contributed by atoms with E-state index in [2.05, 4.69) is 67.2 Å². The summed E-state index contributed by atoms with van der Waals surface area (Å²) in [6.07, 6.45) is 3.78. The number of nitrogens with one attached hydrogen (secondary N) is 1. The fraction of sp³-hybridized carbons (Fsp3) is 0.571. The first kappa shape index (κ1) is 14.4. The standard InChI is InChI=1S/C14H20Br2N2/c1-2-18-8-3-4-12(7-9-18)17-14-10-11(15)5-6-13(14)16/h5-6,10,12,17H,2-4,7-9H2,1H3. The summed E-state index contributed by atoms with van der Waals surface area (Å²) in [6, 6.07) is 6.88. The van der Waals surface area contributed by atoms with Gasteiger partial charge in [0.15, 0.2) is 0 Å². The van der Waals surface area contributed by atoms with Gasteiger partial charge >= 0.3 is 0 Å². The minimum absolute atomic E-state index is 0.590. The molecule has 1 saturated heterocycles. The molecule has 1 aliphatic heterocycles. The lowest BCUT2D eigenvalue weighted by atomic mass is 10.1. The highest BCUT2D eigenvalue weighted by Gasteiger charge is 2.16. The molecule has 0 aromatic heterocycles. The van der Waals surface area contributed by atoms with Crippen LogP contribution < -0.4 is 5.32 Å². The van der Waals surface area contributed by atoms with E-state index >= 15 is 0 Å². The van der Waals surface area contributed by atoms with E-state index in [1.807, 2.05) is 0 Å². The molecule has 1 N–H and O–H groups in total. The zero-order valence-electron chi connectivity index (χ0n) is 10.8. The van der Waals surface area contributed by atoms with Crippen LogP contribution in [0.5, 0.6) is 0 Å². The second kappa shape index (κ2) is 6.92. The van der Waals surface area contributed by atoms with Crippen LogP contribution in [0.2, 0.25) is 0 Å². The van der Waals surface area contributed by atoms with E-state index in [1.54, 1.807) is 0 Å². The van der Waals surface area contributed by atoms with Crippen molar-refractivity contribution in [1.29, 1.82) is 0 Å². The van der Waals surface area contributed by atoms with Gasteiger partial charge in [-0.1, -0.05) is 22.9 Å². The SMILES string of the molecule is CCN1CCCC(Nc2cc(Br)ccc2Br)CC1. The lowest BCUT2D eigenvalue weighted by Crippen LogP contribution is -2.26. The van der Waals surface area contributed by atoms with Crippen molar-refractivity contribution in [2.24, 2.45) is 0 Å². The average molecular weight is 376 g/mol. The fourth-order valence-corrected chi connectivity index (χ4v) is 3.17. The highest BCUT2D eigenvalue weighted by atomic mass is 79.9. The van der Waals surface area contributed by atoms with Crippen molar-refractivity contribution < 1.29 is 0 Å². The average Bonchev–Trinajstić information content (AvgIpc) is 2.59. The normalized spacial score (nSPS) is 21.6. The predicted octanol–water partition coefficient (Wildman–Crippen LogP) is 4.50. The maximum Gasteiger partial charge on any atom is 0.0498 e. The van der Waals surface area contributed by atoms with Crippen LogP contribution in [0.15, 0.2) is 27.1 Å². The highest BCUT2D eigenvalue weighted by Crippen LogP contribution is 2.28. The van der Waals surface area contributed by atoms with Gasteiger partial charge in [0, 0.05) is 27.2 Å². The van der Waals surface area contributed by atoms with Gasteiger partial charge in [0.05, 0.1) is 0 Å². The van der Waals surface area contributed by atoms with Crippen LogP contribution in [0, 0.1) is 0 Å². The van der Waals surface area contributed by atoms with Crippen LogP contribution in [-0.4, -0.2) is 30.6 Å². The van der Waals surface area contributed by atoms with Crippen LogP contribution in [0.4, 0.5) is 5.69 Å². The van der Waals surface area contributed by atoms with E-state index in [0.29, 0.717) is 6.04 Å². The second-order valence-corrected chi connectivity index (χ2v) is 6.60. The molecule has 1 heterocycles. The summed E-state index contributed by atoms with van der Waals surface area (Å²) in [6.45, 7) is 5.88. The summed E-state index contributed by atoms with van der Waals surface area (Å²) in [7, 11) is 0. The van der Waals surface area contributed by atoms with Gasteiger partial charge in [-0.05, 0) is 66.5 Å². The third kappa shape index (κ3) is 3.97. The van der Waals surface area contributed by atoms with E-state index in [4.69, 9.17) is 0 Å². The summed E-state index contributed by atoms with van der Waals surface area (Å²) in [5.74, 6) is 0. The molecule has 0 spiro atoms. The molecule has 0 bridgehead atoms. The van der Waals surface area contributed by atoms with Crippen LogP contribution >= 0.6 is 31.9 Å². The fourth-order valence-electron chi connectivity index (χ4n) is 2.44. The third-order valence-corrected chi connectivity index (χ3v) is 4.74. The zero-order valence-corrected chi connectivity index (χ0v) is 13.9. The van der Waals surface area contributed by atoms with Crippen LogP contribution in [0.1, 0.15) is 26.2 Å². The molecular weight excluding hydrogens is 356 g/mol. The van der Waals surface area contributed by atoms with Gasteiger partial charge in [-0.2, -0.15) is 0 Å². The Balaban J connectivity index is 1.98. The van der Waals surface area contributed by atoms with Crippen molar-refractivity contribution in [3.63, 3.8) is 0 Å². The molecule has 2 rings (SSSR count). The Hall–Kier alpha value is -0.0600. The molecule has 1 unspecified atom stereocenters. The first-order valence-electron chi connectivity index (χ1n) is 6.63. The van der Waals surface area contributed by atoms with Gasteiger partial charge in [-0.15, -0.1) is 0 Å². The molecule has 1 fully saturated rings.